The first-order chi connectivity index (χ1) is 17.7. The minimum absolute atomic E-state index is 0.0321. The van der Waals surface area contributed by atoms with Crippen LogP contribution in [0.15, 0.2) is 36.5 Å². The number of benzene rings is 1. The average molecular weight is 518 g/mol. The Morgan fingerprint density at radius 2 is 1.97 bits per heavy atom. The molecule has 1 unspecified atom stereocenters. The van der Waals surface area contributed by atoms with E-state index in [9.17, 15) is 23.2 Å². The molecule has 4 rings (SSSR count). The average Bonchev–Trinajstić information content (AvgIpc) is 3.58. The van der Waals surface area contributed by atoms with Crippen molar-refractivity contribution in [2.24, 2.45) is 5.92 Å². The lowest BCUT2D eigenvalue weighted by Crippen LogP contribution is -2.42. The van der Waals surface area contributed by atoms with E-state index in [0.29, 0.717) is 31.2 Å². The fourth-order valence-corrected chi connectivity index (χ4v) is 4.39. The number of rotatable bonds is 9. The van der Waals surface area contributed by atoms with Crippen LogP contribution in [0.4, 0.5) is 13.6 Å². The third kappa shape index (κ3) is 6.93. The van der Waals surface area contributed by atoms with Gasteiger partial charge in [0.25, 0.3) is 0 Å². The first-order valence-corrected chi connectivity index (χ1v) is 12.1. The van der Waals surface area contributed by atoms with E-state index in [1.165, 1.54) is 25.3 Å². The summed E-state index contributed by atoms with van der Waals surface area (Å²) in [6, 6.07) is 7.55. The number of halogens is 2. The first kappa shape index (κ1) is 26.3. The van der Waals surface area contributed by atoms with E-state index in [2.05, 4.69) is 15.0 Å². The fourth-order valence-electron chi connectivity index (χ4n) is 4.39. The summed E-state index contributed by atoms with van der Waals surface area (Å²) in [5.74, 6) is -0.473. The largest absolute Gasteiger partial charge is 0.489 e. The van der Waals surface area contributed by atoms with Crippen LogP contribution >= 0.6 is 0 Å². The van der Waals surface area contributed by atoms with E-state index in [4.69, 9.17) is 9.47 Å². The highest BCUT2D eigenvalue weighted by molar-refractivity contribution is 5.97. The summed E-state index contributed by atoms with van der Waals surface area (Å²) in [5.41, 5.74) is 1.43. The molecule has 1 aliphatic heterocycles. The van der Waals surface area contributed by atoms with Crippen molar-refractivity contribution in [3.8, 4) is 11.5 Å². The number of hydrogen-bond donors (Lipinski definition) is 1. The number of amides is 2. The first-order valence-electron chi connectivity index (χ1n) is 12.1. The number of alkyl carbamates (subject to hydrolysis) is 1. The molecule has 1 saturated carbocycles. The molecule has 2 aliphatic rings. The molecule has 2 heterocycles. The second-order valence-electron chi connectivity index (χ2n) is 9.29. The maximum absolute atomic E-state index is 12.9. The molecular formula is C26H29F2N3O6. The lowest BCUT2D eigenvalue weighted by molar-refractivity contribution is -0.129. The summed E-state index contributed by atoms with van der Waals surface area (Å²) in [5, 5.41) is 2.56. The van der Waals surface area contributed by atoms with Crippen LogP contribution in [0.1, 0.15) is 53.7 Å². The van der Waals surface area contributed by atoms with Crippen LogP contribution in [0.5, 0.6) is 11.5 Å². The number of nitrogens with one attached hydrogen (secondary N) is 1. The van der Waals surface area contributed by atoms with E-state index in [-0.39, 0.29) is 41.5 Å². The van der Waals surface area contributed by atoms with Gasteiger partial charge in [0.1, 0.15) is 0 Å². The monoisotopic (exact) mass is 517 g/mol. The Kier molecular flexibility index (Phi) is 8.20. The smallest absolute Gasteiger partial charge is 0.415 e. The van der Waals surface area contributed by atoms with Crippen molar-refractivity contribution in [1.29, 1.82) is 0 Å². The highest BCUT2D eigenvalue weighted by atomic mass is 19.3. The molecule has 1 aliphatic carbocycles. The molecule has 0 spiro atoms. The SMILES string of the molecule is CC(=O)N1CC(c2ccc(OC(F)F)c(OCC3CC3)c2)C[C@@H]1CNC(=O)OC(=O)c1cccnc1C. The summed E-state index contributed by atoms with van der Waals surface area (Å²) in [7, 11) is 0. The molecule has 0 radical (unpaired) electrons. The lowest BCUT2D eigenvalue weighted by atomic mass is 9.96. The zero-order valence-electron chi connectivity index (χ0n) is 20.6. The van der Waals surface area contributed by atoms with E-state index < -0.39 is 18.7 Å². The number of nitrogens with zero attached hydrogens (tertiary/aromatic N) is 2. The minimum atomic E-state index is -2.97. The predicted molar refractivity (Wildman–Crippen MR) is 128 cm³/mol. The number of carbonyl (C=O) groups excluding carboxylic acids is 3. The van der Waals surface area contributed by atoms with Gasteiger partial charge in [0, 0.05) is 38.2 Å². The van der Waals surface area contributed by atoms with Crippen LogP contribution in [0.3, 0.4) is 0 Å². The van der Waals surface area contributed by atoms with Crippen LogP contribution in [0.25, 0.3) is 0 Å². The van der Waals surface area contributed by atoms with Gasteiger partial charge in [0.05, 0.1) is 17.9 Å². The van der Waals surface area contributed by atoms with Gasteiger partial charge in [-0.05, 0) is 61.9 Å². The quantitative estimate of drug-likeness (QED) is 0.395. The zero-order chi connectivity index (χ0) is 26.5. The van der Waals surface area contributed by atoms with Crippen LogP contribution in [-0.4, -0.2) is 60.2 Å². The van der Waals surface area contributed by atoms with Gasteiger partial charge in [-0.2, -0.15) is 8.78 Å². The van der Waals surface area contributed by atoms with Crippen LogP contribution in [0.2, 0.25) is 0 Å². The highest BCUT2D eigenvalue weighted by Gasteiger charge is 2.35. The summed E-state index contributed by atoms with van der Waals surface area (Å²) >= 11 is 0. The zero-order valence-corrected chi connectivity index (χ0v) is 20.6. The van der Waals surface area contributed by atoms with Gasteiger partial charge in [-0.3, -0.25) is 9.78 Å². The summed E-state index contributed by atoms with van der Waals surface area (Å²) in [4.78, 5) is 42.4. The Morgan fingerprint density at radius 1 is 1.19 bits per heavy atom. The van der Waals surface area contributed by atoms with Crippen molar-refractivity contribution >= 4 is 18.0 Å². The molecule has 1 saturated heterocycles. The summed E-state index contributed by atoms with van der Waals surface area (Å²) < 4.78 is 41.0. The number of alkyl halides is 2. The number of hydrogen-bond acceptors (Lipinski definition) is 7. The van der Waals surface area contributed by atoms with Crippen molar-refractivity contribution < 1.29 is 37.4 Å². The standard InChI is InChI=1S/C26H29F2N3O6/c1-15-21(4-3-9-29-15)24(33)37-26(34)30-12-20-10-19(13-31(20)16(2)32)18-7-8-22(36-25(27)28)23(11-18)35-14-17-5-6-17/h3-4,7-9,11,17,19-20,25H,5-6,10,12-14H2,1-2H3,(H,30,34)/t19?,20-/m1/s1. The van der Waals surface area contributed by atoms with Gasteiger partial charge in [-0.25, -0.2) is 9.59 Å². The topological polar surface area (TPSA) is 107 Å². The van der Waals surface area contributed by atoms with Gasteiger partial charge < -0.3 is 24.4 Å². The van der Waals surface area contributed by atoms with Crippen LogP contribution < -0.4 is 14.8 Å². The second kappa shape index (κ2) is 11.5. The van der Waals surface area contributed by atoms with Crippen molar-refractivity contribution in [3.63, 3.8) is 0 Å². The molecule has 11 heteroatoms. The Bertz CT molecular complexity index is 1160. The van der Waals surface area contributed by atoms with E-state index in [1.54, 1.807) is 30.0 Å². The number of aromatic nitrogens is 1. The number of aryl methyl sites for hydroxylation is 1. The molecule has 2 fully saturated rings. The normalized spacial score (nSPS) is 19.0. The molecule has 37 heavy (non-hydrogen) atoms. The van der Waals surface area contributed by atoms with E-state index in [0.717, 1.165) is 18.4 Å². The Hall–Kier alpha value is -3.76. The Balaban J connectivity index is 1.40. The van der Waals surface area contributed by atoms with Gasteiger partial charge in [0.2, 0.25) is 5.91 Å². The fraction of sp³-hybridized carbons (Fsp3) is 0.462. The second-order valence-corrected chi connectivity index (χ2v) is 9.29. The molecule has 198 valence electrons. The lowest BCUT2D eigenvalue weighted by Gasteiger charge is -2.23. The number of carbonyl (C=O) groups is 3. The number of ether oxygens (including phenoxy) is 3. The predicted octanol–water partition coefficient (Wildman–Crippen LogP) is 4.05. The van der Waals surface area contributed by atoms with Crippen molar-refractivity contribution in [2.45, 2.75) is 51.7 Å². The molecule has 9 nitrogen and oxygen atoms in total. The molecule has 0 bridgehead atoms. The van der Waals surface area contributed by atoms with Gasteiger partial charge in [-0.1, -0.05) is 6.07 Å². The number of esters is 1. The molecule has 2 atom stereocenters. The van der Waals surface area contributed by atoms with E-state index in [1.807, 2.05) is 0 Å². The number of likely N-dealkylation sites (tertiary alicyclic amines) is 1. The third-order valence-corrected chi connectivity index (χ3v) is 6.54. The molecule has 1 aromatic heterocycles. The van der Waals surface area contributed by atoms with E-state index >= 15 is 0 Å². The highest BCUT2D eigenvalue weighted by Crippen LogP contribution is 2.38. The van der Waals surface area contributed by atoms with Crippen LogP contribution in [0, 0.1) is 12.8 Å². The Labute approximate surface area is 213 Å². The van der Waals surface area contributed by atoms with Gasteiger partial charge in [0.15, 0.2) is 11.5 Å². The maximum atomic E-state index is 12.9. The van der Waals surface area contributed by atoms with Gasteiger partial charge in [-0.15, -0.1) is 0 Å². The van der Waals surface area contributed by atoms with Crippen molar-refractivity contribution in [3.05, 3.63) is 53.3 Å². The summed E-state index contributed by atoms with van der Waals surface area (Å²) in [6.07, 6.45) is 3.20. The minimum Gasteiger partial charge on any atom is -0.489 e. The molecule has 2 aromatic rings. The Morgan fingerprint density at radius 3 is 2.65 bits per heavy atom. The van der Waals surface area contributed by atoms with Crippen molar-refractivity contribution in [1.82, 2.24) is 15.2 Å². The van der Waals surface area contributed by atoms with Crippen molar-refractivity contribution in [2.75, 3.05) is 19.7 Å². The molecular weight excluding hydrogens is 488 g/mol. The maximum Gasteiger partial charge on any atom is 0.415 e. The summed E-state index contributed by atoms with van der Waals surface area (Å²) in [6.45, 7) is 0.976. The molecule has 1 aromatic carbocycles. The molecule has 1 N–H and O–H groups in total. The van der Waals surface area contributed by atoms with Gasteiger partial charge >= 0.3 is 18.7 Å². The van der Waals surface area contributed by atoms with Crippen LogP contribution in [-0.2, 0) is 9.53 Å². The molecule has 2 amide bonds. The number of pyridine rings is 1. The third-order valence-electron chi connectivity index (χ3n) is 6.54.